The van der Waals surface area contributed by atoms with Gasteiger partial charge in [-0.15, -0.1) is 0 Å². The van der Waals surface area contributed by atoms with Crippen molar-refractivity contribution < 1.29 is 4.79 Å². The summed E-state index contributed by atoms with van der Waals surface area (Å²) in [5.41, 5.74) is 0.639. The minimum Gasteiger partial charge on any atom is -0.348 e. The minimum absolute atomic E-state index is 0.0602. The molecule has 0 aliphatic rings. The van der Waals surface area contributed by atoms with Crippen LogP contribution in [0.2, 0.25) is 0 Å². The van der Waals surface area contributed by atoms with Gasteiger partial charge in [-0.1, -0.05) is 47.8 Å². The SMILES string of the molecule is Cn1cccc1C(=O)C(Br)(Br)Br. The summed E-state index contributed by atoms with van der Waals surface area (Å²) in [5.74, 6) is -0.0602. The van der Waals surface area contributed by atoms with Crippen LogP contribution in [0.3, 0.4) is 0 Å². The highest BCUT2D eigenvalue weighted by Crippen LogP contribution is 2.36. The summed E-state index contributed by atoms with van der Waals surface area (Å²) in [7, 11) is 1.83. The Morgan fingerprint density at radius 3 is 2.42 bits per heavy atom. The monoisotopic (exact) mass is 357 g/mol. The zero-order valence-corrected chi connectivity index (χ0v) is 11.0. The molecule has 0 aromatic carbocycles. The molecule has 0 fully saturated rings. The number of nitrogens with zero attached hydrogens (tertiary/aromatic N) is 1. The fourth-order valence-electron chi connectivity index (χ4n) is 0.842. The molecule has 2 nitrogen and oxygen atoms in total. The third kappa shape index (κ3) is 2.20. The maximum Gasteiger partial charge on any atom is 0.217 e. The Morgan fingerprint density at radius 2 is 2.08 bits per heavy atom. The van der Waals surface area contributed by atoms with Crippen LogP contribution in [0.1, 0.15) is 10.5 Å². The van der Waals surface area contributed by atoms with Gasteiger partial charge in [0.15, 0.2) is 2.14 Å². The average Bonchev–Trinajstić information content (AvgIpc) is 2.31. The molecule has 5 heteroatoms. The van der Waals surface area contributed by atoms with E-state index >= 15 is 0 Å². The van der Waals surface area contributed by atoms with Crippen LogP contribution in [-0.4, -0.2) is 12.5 Å². The first-order valence-corrected chi connectivity index (χ1v) is 5.53. The summed E-state index contributed by atoms with van der Waals surface area (Å²) in [5, 5.41) is 0. The van der Waals surface area contributed by atoms with E-state index in [1.807, 2.05) is 19.3 Å². The highest BCUT2D eigenvalue weighted by molar-refractivity contribution is 9.40. The number of aryl methyl sites for hydroxylation is 1. The predicted octanol–water partition coefficient (Wildman–Crippen LogP) is 3.05. The lowest BCUT2D eigenvalue weighted by atomic mass is 10.3. The smallest absolute Gasteiger partial charge is 0.217 e. The molecule has 0 N–H and O–H groups in total. The molecule has 0 saturated heterocycles. The number of hydrogen-bond donors (Lipinski definition) is 0. The Kier molecular flexibility index (Phi) is 3.17. The van der Waals surface area contributed by atoms with Crippen molar-refractivity contribution in [2.24, 2.45) is 7.05 Å². The summed E-state index contributed by atoms with van der Waals surface area (Å²) in [6, 6.07) is 3.59. The zero-order valence-electron chi connectivity index (χ0n) is 6.22. The third-order valence-electron chi connectivity index (χ3n) is 1.43. The summed E-state index contributed by atoms with van der Waals surface area (Å²) in [4.78, 5) is 11.6. The largest absolute Gasteiger partial charge is 0.348 e. The lowest BCUT2D eigenvalue weighted by Crippen LogP contribution is -2.19. The van der Waals surface area contributed by atoms with Crippen molar-refractivity contribution in [3.8, 4) is 0 Å². The number of alkyl halides is 3. The van der Waals surface area contributed by atoms with Crippen LogP contribution < -0.4 is 0 Å². The van der Waals surface area contributed by atoms with Crippen molar-refractivity contribution in [3.05, 3.63) is 24.0 Å². The van der Waals surface area contributed by atoms with Crippen LogP contribution in [0.25, 0.3) is 0 Å². The number of carbonyl (C=O) groups is 1. The van der Waals surface area contributed by atoms with Crippen LogP contribution >= 0.6 is 47.8 Å². The fourth-order valence-corrected chi connectivity index (χ4v) is 1.45. The Labute approximate surface area is 95.7 Å². The molecular formula is C7H6Br3NO. The average molecular weight is 360 g/mol. The van der Waals surface area contributed by atoms with Crippen LogP contribution in [0.4, 0.5) is 0 Å². The summed E-state index contributed by atoms with van der Waals surface area (Å²) >= 11 is 9.51. The number of carbonyl (C=O) groups excluding carboxylic acids is 1. The molecule has 0 radical (unpaired) electrons. The van der Waals surface area contributed by atoms with Crippen molar-refractivity contribution in [2.45, 2.75) is 2.14 Å². The first-order valence-electron chi connectivity index (χ1n) is 3.16. The van der Waals surface area contributed by atoms with Gasteiger partial charge in [0.2, 0.25) is 5.78 Å². The molecular weight excluding hydrogens is 354 g/mol. The van der Waals surface area contributed by atoms with Gasteiger partial charge in [0.05, 0.1) is 5.69 Å². The van der Waals surface area contributed by atoms with E-state index in [0.717, 1.165) is 0 Å². The number of ketones is 1. The van der Waals surface area contributed by atoms with Gasteiger partial charge in [-0.25, -0.2) is 0 Å². The van der Waals surface area contributed by atoms with E-state index in [1.54, 1.807) is 10.6 Å². The number of hydrogen-bond acceptors (Lipinski definition) is 1. The lowest BCUT2D eigenvalue weighted by molar-refractivity contribution is 0.0999. The van der Waals surface area contributed by atoms with Gasteiger partial charge in [-0.05, 0) is 12.1 Å². The first kappa shape index (κ1) is 10.5. The van der Waals surface area contributed by atoms with Crippen LogP contribution in [0, 0.1) is 0 Å². The standard InChI is InChI=1S/C7H6Br3NO/c1-11-4-2-3-5(11)6(12)7(8,9)10/h2-4H,1H3. The van der Waals surface area contributed by atoms with Gasteiger partial charge in [0, 0.05) is 13.2 Å². The van der Waals surface area contributed by atoms with E-state index in [9.17, 15) is 4.79 Å². The molecule has 0 saturated carbocycles. The first-order chi connectivity index (χ1) is 5.43. The molecule has 0 aliphatic carbocycles. The van der Waals surface area contributed by atoms with E-state index in [-0.39, 0.29) is 5.78 Å². The van der Waals surface area contributed by atoms with Gasteiger partial charge in [0.1, 0.15) is 0 Å². The molecule has 0 aliphatic heterocycles. The van der Waals surface area contributed by atoms with Gasteiger partial charge in [-0.3, -0.25) is 4.79 Å². The van der Waals surface area contributed by atoms with E-state index in [1.165, 1.54) is 0 Å². The number of rotatable bonds is 1. The highest BCUT2D eigenvalue weighted by atomic mass is 80.0. The maximum atomic E-state index is 11.6. The Hall–Kier alpha value is 0.390. The van der Waals surface area contributed by atoms with Crippen molar-refractivity contribution in [2.75, 3.05) is 0 Å². The zero-order chi connectivity index (χ0) is 9.35. The maximum absolute atomic E-state index is 11.6. The normalized spacial score (nSPS) is 11.7. The number of halogens is 3. The molecule has 0 amide bonds. The van der Waals surface area contributed by atoms with Crippen LogP contribution in [-0.2, 0) is 7.05 Å². The van der Waals surface area contributed by atoms with Crippen LogP contribution in [0.5, 0.6) is 0 Å². The molecule has 0 unspecified atom stereocenters. The van der Waals surface area contributed by atoms with E-state index in [2.05, 4.69) is 47.8 Å². The molecule has 66 valence electrons. The molecule has 0 atom stereocenters. The molecule has 1 heterocycles. The Balaban J connectivity index is 3.01. The van der Waals surface area contributed by atoms with E-state index in [4.69, 9.17) is 0 Å². The Morgan fingerprint density at radius 1 is 1.50 bits per heavy atom. The predicted molar refractivity (Wildman–Crippen MR) is 59.3 cm³/mol. The second-order valence-electron chi connectivity index (χ2n) is 2.33. The van der Waals surface area contributed by atoms with E-state index < -0.39 is 2.14 Å². The van der Waals surface area contributed by atoms with Gasteiger partial charge in [0.25, 0.3) is 0 Å². The van der Waals surface area contributed by atoms with Gasteiger partial charge >= 0.3 is 0 Å². The summed E-state index contributed by atoms with van der Waals surface area (Å²) < 4.78 is 0.917. The molecule has 0 spiro atoms. The topological polar surface area (TPSA) is 22.0 Å². The van der Waals surface area contributed by atoms with Crippen molar-refractivity contribution >= 4 is 53.6 Å². The second kappa shape index (κ2) is 3.64. The quantitative estimate of drug-likeness (QED) is 0.558. The number of aromatic nitrogens is 1. The second-order valence-corrected chi connectivity index (χ2v) is 9.09. The summed E-state index contributed by atoms with van der Waals surface area (Å²) in [6.45, 7) is 0. The van der Waals surface area contributed by atoms with Crippen molar-refractivity contribution in [3.63, 3.8) is 0 Å². The minimum atomic E-state index is -0.848. The van der Waals surface area contributed by atoms with Gasteiger partial charge in [-0.2, -0.15) is 0 Å². The van der Waals surface area contributed by atoms with Crippen molar-refractivity contribution in [1.29, 1.82) is 0 Å². The molecule has 1 aromatic heterocycles. The highest BCUT2D eigenvalue weighted by Gasteiger charge is 2.30. The number of Topliss-reactive ketones (excluding diaryl/α,β-unsaturated/α-hetero) is 1. The lowest BCUT2D eigenvalue weighted by Gasteiger charge is -2.10. The molecule has 0 bridgehead atoms. The van der Waals surface area contributed by atoms with Crippen LogP contribution in [0.15, 0.2) is 18.3 Å². The summed E-state index contributed by atoms with van der Waals surface area (Å²) in [6.07, 6.45) is 1.83. The molecule has 1 aromatic rings. The molecule has 1 rings (SSSR count). The van der Waals surface area contributed by atoms with E-state index in [0.29, 0.717) is 5.69 Å². The van der Waals surface area contributed by atoms with Gasteiger partial charge < -0.3 is 4.57 Å². The fraction of sp³-hybridized carbons (Fsp3) is 0.286. The Bertz CT molecular complexity index is 300. The third-order valence-corrected chi connectivity index (χ3v) is 2.51. The van der Waals surface area contributed by atoms with Crippen molar-refractivity contribution in [1.82, 2.24) is 4.57 Å². The molecule has 12 heavy (non-hydrogen) atoms.